The van der Waals surface area contributed by atoms with E-state index in [0.29, 0.717) is 30.9 Å². The summed E-state index contributed by atoms with van der Waals surface area (Å²) in [4.78, 5) is 25.5. The van der Waals surface area contributed by atoms with Gasteiger partial charge >= 0.3 is 5.97 Å². The lowest BCUT2D eigenvalue weighted by Crippen LogP contribution is -2.53. The molecule has 8 heteroatoms. The number of aromatic nitrogens is 3. The third kappa shape index (κ3) is 1.93. The van der Waals surface area contributed by atoms with Gasteiger partial charge in [-0.05, 0) is 25.0 Å². The molecule has 1 saturated heterocycles. The maximum absolute atomic E-state index is 15.5. The van der Waals surface area contributed by atoms with Crippen molar-refractivity contribution in [2.24, 2.45) is 5.41 Å². The smallest absolute Gasteiger partial charge is 0.344 e. The molecule has 134 valence electrons. The zero-order valence-electron chi connectivity index (χ0n) is 13.8. The zero-order chi connectivity index (χ0) is 18.1. The monoisotopic (exact) mass is 418 g/mol. The number of hydrogen-bond acceptors (Lipinski definition) is 4. The Morgan fingerprint density at radius 3 is 2.77 bits per heavy atom. The number of halogens is 2. The van der Waals surface area contributed by atoms with E-state index in [1.54, 1.807) is 4.90 Å². The lowest BCUT2D eigenvalue weighted by atomic mass is 9.61. The minimum absolute atomic E-state index is 0.183. The fourth-order valence-electron chi connectivity index (χ4n) is 4.50. The van der Waals surface area contributed by atoms with Crippen molar-refractivity contribution in [1.29, 1.82) is 0 Å². The van der Waals surface area contributed by atoms with E-state index in [0.717, 1.165) is 27.2 Å². The number of nitrogens with one attached hydrogen (secondary N) is 1. The fourth-order valence-corrected chi connectivity index (χ4v) is 4.86. The van der Waals surface area contributed by atoms with E-state index >= 15 is 4.39 Å². The van der Waals surface area contributed by atoms with E-state index < -0.39 is 17.1 Å². The maximum Gasteiger partial charge on any atom is 0.344 e. The average Bonchev–Trinajstić information content (AvgIpc) is 3.09. The number of alkyl halides is 1. The molecule has 2 fully saturated rings. The second-order valence-electron chi connectivity index (χ2n) is 7.33. The van der Waals surface area contributed by atoms with Crippen molar-refractivity contribution in [2.75, 3.05) is 18.0 Å². The van der Waals surface area contributed by atoms with Gasteiger partial charge < -0.3 is 15.0 Å². The van der Waals surface area contributed by atoms with Crippen LogP contribution >= 0.6 is 15.9 Å². The summed E-state index contributed by atoms with van der Waals surface area (Å²) in [5, 5.41) is 11.3. The molecule has 0 amide bonds. The molecule has 1 atom stereocenters. The van der Waals surface area contributed by atoms with Crippen molar-refractivity contribution in [3.8, 4) is 0 Å². The van der Waals surface area contributed by atoms with Gasteiger partial charge in [0, 0.05) is 27.3 Å². The summed E-state index contributed by atoms with van der Waals surface area (Å²) >= 11 is 3.46. The van der Waals surface area contributed by atoms with Crippen LogP contribution in [0.2, 0.25) is 0 Å². The number of benzene rings is 1. The number of aromatic amines is 1. The Morgan fingerprint density at radius 1 is 1.31 bits per heavy atom. The first kappa shape index (κ1) is 16.0. The van der Waals surface area contributed by atoms with Crippen molar-refractivity contribution in [3.63, 3.8) is 0 Å². The topological polar surface area (TPSA) is 82.1 Å². The highest BCUT2D eigenvalue weighted by Gasteiger charge is 2.66. The molecule has 2 aliphatic rings. The van der Waals surface area contributed by atoms with Crippen molar-refractivity contribution < 1.29 is 14.3 Å². The number of hydrogen-bond donors (Lipinski definition) is 2. The standard InChI is InChI=1S/C18H16BrFN4O2/c19-10-2-3-11-12(6-10)23-14-13(11)15(22-9-21-14)24-7-17(4-1-5-17)18(20,8-24)16(25)26/h2-3,6,9H,1,4-5,7-8H2,(H,25,26)(H,21,22,23)/t18-/m0/s1. The number of aliphatic carboxylic acids is 1. The van der Waals surface area contributed by atoms with Crippen molar-refractivity contribution in [2.45, 2.75) is 24.9 Å². The van der Waals surface area contributed by atoms with Crippen LogP contribution in [0.4, 0.5) is 10.2 Å². The molecule has 3 heterocycles. The van der Waals surface area contributed by atoms with E-state index in [1.807, 2.05) is 18.2 Å². The molecule has 1 aliphatic heterocycles. The predicted molar refractivity (Wildman–Crippen MR) is 99.1 cm³/mol. The lowest BCUT2D eigenvalue weighted by Gasteiger charge is -2.43. The second-order valence-corrected chi connectivity index (χ2v) is 8.25. The number of fused-ring (bicyclic) bond motifs is 3. The van der Waals surface area contributed by atoms with Crippen LogP contribution in [0.5, 0.6) is 0 Å². The Morgan fingerprint density at radius 2 is 2.12 bits per heavy atom. The molecular weight excluding hydrogens is 403 g/mol. The third-order valence-corrected chi connectivity index (χ3v) is 6.52. The first-order valence-corrected chi connectivity index (χ1v) is 9.32. The normalized spacial score (nSPS) is 24.5. The summed E-state index contributed by atoms with van der Waals surface area (Å²) in [6.45, 7) is 0.183. The predicted octanol–water partition coefficient (Wildman–Crippen LogP) is 3.66. The fraction of sp³-hybridized carbons (Fsp3) is 0.389. The number of H-pyrrole nitrogens is 1. The largest absolute Gasteiger partial charge is 0.479 e. The highest BCUT2D eigenvalue weighted by atomic mass is 79.9. The minimum Gasteiger partial charge on any atom is -0.479 e. The molecule has 6 nitrogen and oxygen atoms in total. The molecular formula is C18H16BrFN4O2. The van der Waals surface area contributed by atoms with Crippen LogP contribution in [0, 0.1) is 5.41 Å². The highest BCUT2D eigenvalue weighted by Crippen LogP contribution is 2.56. The molecule has 0 radical (unpaired) electrons. The van der Waals surface area contributed by atoms with Gasteiger partial charge in [-0.25, -0.2) is 19.2 Å². The van der Waals surface area contributed by atoms with E-state index in [4.69, 9.17) is 0 Å². The average molecular weight is 419 g/mol. The van der Waals surface area contributed by atoms with Gasteiger partial charge in [-0.1, -0.05) is 28.4 Å². The Labute approximate surface area is 156 Å². The Balaban J connectivity index is 1.68. The first-order valence-electron chi connectivity index (χ1n) is 8.53. The van der Waals surface area contributed by atoms with Gasteiger partial charge in [0.05, 0.1) is 11.9 Å². The molecule has 1 saturated carbocycles. The summed E-state index contributed by atoms with van der Waals surface area (Å²) in [7, 11) is 0. The van der Waals surface area contributed by atoms with Crippen LogP contribution in [0.3, 0.4) is 0 Å². The highest BCUT2D eigenvalue weighted by molar-refractivity contribution is 9.10. The minimum atomic E-state index is -2.24. The molecule has 1 aliphatic carbocycles. The van der Waals surface area contributed by atoms with Crippen LogP contribution in [0.25, 0.3) is 21.9 Å². The van der Waals surface area contributed by atoms with Crippen molar-refractivity contribution in [1.82, 2.24) is 15.0 Å². The Hall–Kier alpha value is -2.22. The first-order chi connectivity index (χ1) is 12.4. The van der Waals surface area contributed by atoms with Crippen molar-refractivity contribution in [3.05, 3.63) is 29.0 Å². The molecule has 1 spiro atoms. The van der Waals surface area contributed by atoms with Crippen LogP contribution in [0.1, 0.15) is 19.3 Å². The number of nitrogens with zero attached hydrogens (tertiary/aromatic N) is 3. The quantitative estimate of drug-likeness (QED) is 0.663. The number of rotatable bonds is 2. The van der Waals surface area contributed by atoms with Crippen LogP contribution in [-0.2, 0) is 4.79 Å². The number of carboxylic acids is 1. The summed E-state index contributed by atoms with van der Waals surface area (Å²) in [6, 6.07) is 5.84. The summed E-state index contributed by atoms with van der Waals surface area (Å²) in [5.41, 5.74) is -1.49. The summed E-state index contributed by atoms with van der Waals surface area (Å²) in [5.74, 6) is -0.775. The second kappa shape index (κ2) is 5.16. The Bertz CT molecular complexity index is 1060. The van der Waals surface area contributed by atoms with Gasteiger partial charge in [-0.15, -0.1) is 0 Å². The van der Waals surface area contributed by atoms with Gasteiger partial charge in [0.2, 0.25) is 5.67 Å². The molecule has 1 aromatic carbocycles. The summed E-state index contributed by atoms with van der Waals surface area (Å²) in [6.07, 6.45) is 3.50. The molecule has 0 bridgehead atoms. The van der Waals surface area contributed by atoms with Crippen LogP contribution < -0.4 is 4.90 Å². The van der Waals surface area contributed by atoms with Crippen LogP contribution in [-0.4, -0.2) is 44.8 Å². The van der Waals surface area contributed by atoms with Gasteiger partial charge in [0.15, 0.2) is 0 Å². The molecule has 26 heavy (non-hydrogen) atoms. The Kier molecular flexibility index (Phi) is 3.17. The SMILES string of the molecule is O=C(O)[C@@]1(F)CN(c2ncnc3[nH]c4cc(Br)ccc4c23)CC12CCC2. The zero-order valence-corrected chi connectivity index (χ0v) is 15.4. The molecule has 5 rings (SSSR count). The van der Waals surface area contributed by atoms with Crippen LogP contribution in [0.15, 0.2) is 29.0 Å². The number of carbonyl (C=O) groups is 1. The van der Waals surface area contributed by atoms with E-state index in [9.17, 15) is 9.90 Å². The van der Waals surface area contributed by atoms with Gasteiger partial charge in [0.1, 0.15) is 17.8 Å². The number of anilines is 1. The van der Waals surface area contributed by atoms with Crippen molar-refractivity contribution >= 4 is 49.7 Å². The van der Waals surface area contributed by atoms with Gasteiger partial charge in [-0.3, -0.25) is 0 Å². The molecule has 3 aromatic rings. The summed E-state index contributed by atoms with van der Waals surface area (Å²) < 4.78 is 16.4. The molecule has 0 unspecified atom stereocenters. The van der Waals surface area contributed by atoms with E-state index in [-0.39, 0.29) is 6.54 Å². The van der Waals surface area contributed by atoms with Gasteiger partial charge in [-0.2, -0.15) is 0 Å². The number of carboxylic acid groups (broad SMARTS) is 1. The third-order valence-electron chi connectivity index (χ3n) is 6.02. The molecule has 2 aromatic heterocycles. The van der Waals surface area contributed by atoms with Gasteiger partial charge in [0.25, 0.3) is 0 Å². The van der Waals surface area contributed by atoms with E-state index in [1.165, 1.54) is 6.33 Å². The molecule has 2 N–H and O–H groups in total. The lowest BCUT2D eigenvalue weighted by molar-refractivity contribution is -0.162. The van der Waals surface area contributed by atoms with E-state index in [2.05, 4.69) is 30.9 Å². The maximum atomic E-state index is 15.5.